The van der Waals surface area contributed by atoms with Crippen LogP contribution in [0.5, 0.6) is 0 Å². The van der Waals surface area contributed by atoms with E-state index in [-0.39, 0.29) is 0 Å². The third-order valence-corrected chi connectivity index (χ3v) is 3.23. The molecule has 1 aliphatic rings. The van der Waals surface area contributed by atoms with E-state index < -0.39 is 67.2 Å². The molecule has 0 amide bonds. The van der Waals surface area contributed by atoms with Crippen molar-refractivity contribution < 1.29 is 52.4 Å². The largest absolute Gasteiger partial charge is 0.463 e. The monoisotopic (exact) mass is 390 g/mol. The van der Waals surface area contributed by atoms with Crippen LogP contribution >= 0.6 is 0 Å². The molecule has 5 atom stereocenters. The van der Waals surface area contributed by atoms with Gasteiger partial charge in [0.05, 0.1) is 0 Å². The molecule has 0 aliphatic carbocycles. The highest BCUT2D eigenvalue weighted by molar-refractivity contribution is 5.69. The van der Waals surface area contributed by atoms with Crippen LogP contribution in [0.3, 0.4) is 0 Å². The lowest BCUT2D eigenvalue weighted by molar-refractivity contribution is -0.300. The smallest absolute Gasteiger partial charge is 0.305 e. The number of hydrogen-bond donors (Lipinski definition) is 0. The maximum absolute atomic E-state index is 11.5. The van der Waals surface area contributed by atoms with Gasteiger partial charge in [-0.25, -0.2) is 0 Å². The first-order valence-electron chi connectivity index (χ1n) is 7.99. The van der Waals surface area contributed by atoms with Gasteiger partial charge in [-0.3, -0.25) is 24.0 Å². The van der Waals surface area contributed by atoms with Crippen molar-refractivity contribution in [2.24, 2.45) is 0 Å². The van der Waals surface area contributed by atoms with Crippen LogP contribution in [0.1, 0.15) is 34.6 Å². The second kappa shape index (κ2) is 9.86. The van der Waals surface area contributed by atoms with Gasteiger partial charge in [-0.1, -0.05) is 0 Å². The van der Waals surface area contributed by atoms with Crippen LogP contribution < -0.4 is 0 Å². The van der Waals surface area contributed by atoms with Crippen LogP contribution in [-0.2, 0) is 52.4 Å². The van der Waals surface area contributed by atoms with Crippen LogP contribution in [0.4, 0.5) is 0 Å². The fourth-order valence-corrected chi connectivity index (χ4v) is 2.45. The summed E-state index contributed by atoms with van der Waals surface area (Å²) in [4.78, 5) is 57.0. The third kappa shape index (κ3) is 7.21. The van der Waals surface area contributed by atoms with Gasteiger partial charge >= 0.3 is 29.8 Å². The molecule has 1 fully saturated rings. The number of carbonyl (C=O) groups excluding carboxylic acids is 5. The molecule has 0 bridgehead atoms. The molecule has 0 spiro atoms. The molecule has 152 valence electrons. The molecule has 1 unspecified atom stereocenters. The Morgan fingerprint density at radius 3 is 1.52 bits per heavy atom. The molecule has 27 heavy (non-hydrogen) atoms. The average Bonchev–Trinajstić information content (AvgIpc) is 2.49. The summed E-state index contributed by atoms with van der Waals surface area (Å²) in [7, 11) is 0. The summed E-state index contributed by atoms with van der Waals surface area (Å²) in [5.74, 6) is -3.71. The van der Waals surface area contributed by atoms with Gasteiger partial charge in [0.25, 0.3) is 0 Å². The Kier molecular flexibility index (Phi) is 8.16. The summed E-state index contributed by atoms with van der Waals surface area (Å²) in [6, 6.07) is 0. The van der Waals surface area contributed by atoms with E-state index in [1.165, 1.54) is 0 Å². The van der Waals surface area contributed by atoms with Crippen molar-refractivity contribution in [2.45, 2.75) is 65.3 Å². The Morgan fingerprint density at radius 1 is 0.630 bits per heavy atom. The van der Waals surface area contributed by atoms with Crippen LogP contribution in [0.25, 0.3) is 0 Å². The number of ether oxygens (including phenoxy) is 6. The van der Waals surface area contributed by atoms with E-state index in [9.17, 15) is 24.0 Å². The molecule has 1 rings (SSSR count). The summed E-state index contributed by atoms with van der Waals surface area (Å²) in [5.41, 5.74) is 0. The Morgan fingerprint density at radius 2 is 1.07 bits per heavy atom. The third-order valence-electron chi connectivity index (χ3n) is 3.23. The molecule has 0 aromatic carbocycles. The predicted octanol–water partition coefficient (Wildman–Crippen LogP) is -0.367. The SMILES string of the molecule is CC(=O)OC[C@@H]1OC(OC(C)=O)[C@@H](OC(C)=O)[C@H](OC(C)=O)[C@@H]1OC(C)=O. The van der Waals surface area contributed by atoms with Gasteiger partial charge in [0.2, 0.25) is 12.4 Å². The fraction of sp³-hybridized carbons (Fsp3) is 0.688. The summed E-state index contributed by atoms with van der Waals surface area (Å²) < 4.78 is 30.8. The van der Waals surface area contributed by atoms with Crippen molar-refractivity contribution in [1.82, 2.24) is 0 Å². The van der Waals surface area contributed by atoms with Crippen LogP contribution in [-0.4, -0.2) is 67.2 Å². The van der Waals surface area contributed by atoms with Gasteiger partial charge < -0.3 is 28.4 Å². The van der Waals surface area contributed by atoms with Crippen molar-refractivity contribution in [3.05, 3.63) is 0 Å². The molecular weight excluding hydrogens is 368 g/mol. The van der Waals surface area contributed by atoms with Crippen molar-refractivity contribution in [1.29, 1.82) is 0 Å². The van der Waals surface area contributed by atoms with Gasteiger partial charge in [0, 0.05) is 34.6 Å². The normalized spacial score (nSPS) is 27.1. The van der Waals surface area contributed by atoms with Crippen LogP contribution in [0, 0.1) is 0 Å². The first-order chi connectivity index (χ1) is 12.5. The van der Waals surface area contributed by atoms with E-state index in [4.69, 9.17) is 28.4 Å². The number of rotatable bonds is 6. The molecule has 11 nitrogen and oxygen atoms in total. The van der Waals surface area contributed by atoms with E-state index in [0.717, 1.165) is 34.6 Å². The molecule has 0 saturated carbocycles. The molecule has 1 aliphatic heterocycles. The summed E-state index contributed by atoms with van der Waals surface area (Å²) in [6.45, 7) is 5.13. The lowest BCUT2D eigenvalue weighted by Crippen LogP contribution is -2.63. The zero-order valence-corrected chi connectivity index (χ0v) is 15.6. The molecule has 11 heteroatoms. The predicted molar refractivity (Wildman–Crippen MR) is 83.7 cm³/mol. The zero-order valence-electron chi connectivity index (χ0n) is 15.6. The maximum atomic E-state index is 11.5. The summed E-state index contributed by atoms with van der Waals surface area (Å²) >= 11 is 0. The van der Waals surface area contributed by atoms with Gasteiger partial charge in [0.15, 0.2) is 12.2 Å². The van der Waals surface area contributed by atoms with Crippen molar-refractivity contribution >= 4 is 29.8 Å². The summed E-state index contributed by atoms with van der Waals surface area (Å²) in [6.07, 6.45) is -6.70. The molecule has 0 N–H and O–H groups in total. The van der Waals surface area contributed by atoms with Crippen molar-refractivity contribution in [3.63, 3.8) is 0 Å². The van der Waals surface area contributed by atoms with Crippen molar-refractivity contribution in [2.75, 3.05) is 6.61 Å². The number of carbonyl (C=O) groups is 5. The van der Waals surface area contributed by atoms with Gasteiger partial charge in [0.1, 0.15) is 12.7 Å². The number of hydrogen-bond acceptors (Lipinski definition) is 11. The Hall–Kier alpha value is -2.69. The standard InChI is InChI=1S/C16H22O11/c1-7(17)22-6-12-13(23-8(2)18)14(24-9(3)19)15(25-10(4)20)16(27-12)26-11(5)21/h12-16H,6H2,1-5H3/t12-,13+,14+,15-,16?/m0/s1. The van der Waals surface area contributed by atoms with Gasteiger partial charge in [-0.05, 0) is 0 Å². The van der Waals surface area contributed by atoms with E-state index in [1.54, 1.807) is 0 Å². The Balaban J connectivity index is 3.29. The van der Waals surface area contributed by atoms with E-state index in [1.807, 2.05) is 0 Å². The quantitative estimate of drug-likeness (QED) is 0.433. The van der Waals surface area contributed by atoms with Crippen LogP contribution in [0.2, 0.25) is 0 Å². The minimum atomic E-state index is -1.48. The topological polar surface area (TPSA) is 141 Å². The van der Waals surface area contributed by atoms with Gasteiger partial charge in [-0.15, -0.1) is 0 Å². The minimum absolute atomic E-state index is 0.393. The molecule has 0 radical (unpaired) electrons. The second-order valence-electron chi connectivity index (χ2n) is 5.68. The fourth-order valence-electron chi connectivity index (χ4n) is 2.45. The first-order valence-corrected chi connectivity index (χ1v) is 7.99. The zero-order chi connectivity index (χ0) is 20.7. The molecular formula is C16H22O11. The molecule has 0 aromatic heterocycles. The lowest BCUT2D eigenvalue weighted by atomic mass is 9.98. The highest BCUT2D eigenvalue weighted by atomic mass is 16.7. The van der Waals surface area contributed by atoms with E-state index in [2.05, 4.69) is 0 Å². The summed E-state index contributed by atoms with van der Waals surface area (Å²) in [5, 5.41) is 0. The molecule has 0 aromatic rings. The van der Waals surface area contributed by atoms with Crippen LogP contribution in [0.15, 0.2) is 0 Å². The maximum Gasteiger partial charge on any atom is 0.305 e. The highest BCUT2D eigenvalue weighted by Gasteiger charge is 2.53. The van der Waals surface area contributed by atoms with E-state index in [0.29, 0.717) is 0 Å². The second-order valence-corrected chi connectivity index (χ2v) is 5.68. The Labute approximate surface area is 155 Å². The molecule has 1 heterocycles. The molecule has 1 saturated heterocycles. The van der Waals surface area contributed by atoms with Gasteiger partial charge in [-0.2, -0.15) is 0 Å². The minimum Gasteiger partial charge on any atom is -0.463 e. The Bertz CT molecular complexity index is 599. The first kappa shape index (κ1) is 22.4. The highest BCUT2D eigenvalue weighted by Crippen LogP contribution is 2.29. The van der Waals surface area contributed by atoms with E-state index >= 15 is 0 Å². The van der Waals surface area contributed by atoms with Crippen molar-refractivity contribution in [3.8, 4) is 0 Å². The lowest BCUT2D eigenvalue weighted by Gasteiger charge is -2.43. The number of esters is 5. The average molecular weight is 390 g/mol.